The summed E-state index contributed by atoms with van der Waals surface area (Å²) >= 11 is 1.46. The second-order valence-corrected chi connectivity index (χ2v) is 8.41. The van der Waals surface area contributed by atoms with E-state index in [9.17, 15) is 14.7 Å². The van der Waals surface area contributed by atoms with Gasteiger partial charge in [-0.05, 0) is 31.6 Å². The van der Waals surface area contributed by atoms with E-state index >= 15 is 0 Å². The molecule has 1 rings (SSSR count). The molecule has 0 aliphatic heterocycles. The van der Waals surface area contributed by atoms with Gasteiger partial charge in [-0.15, -0.1) is 0 Å². The number of rotatable bonds is 13. The monoisotopic (exact) mass is 386 g/mol. The molecule has 0 amide bonds. The fourth-order valence-corrected chi connectivity index (χ4v) is 4.88. The number of aliphatic hydroxyl groups is 1. The predicted molar refractivity (Wildman–Crippen MR) is 106 cm³/mol. The van der Waals surface area contributed by atoms with Crippen molar-refractivity contribution in [3.8, 4) is 0 Å². The average molecular weight is 387 g/mol. The Balaban J connectivity index is 2.57. The summed E-state index contributed by atoms with van der Waals surface area (Å²) < 4.78 is 0. The van der Waals surface area contributed by atoms with Crippen molar-refractivity contribution in [1.29, 1.82) is 0 Å². The molecule has 1 fully saturated rings. The fourth-order valence-electron chi connectivity index (χ4n) is 3.49. The first kappa shape index (κ1) is 23.0. The number of unbranched alkanes of at least 4 members (excludes halogenated alkanes) is 6. The molecule has 0 heterocycles. The minimum atomic E-state index is -0.886. The van der Waals surface area contributed by atoms with E-state index in [1.54, 1.807) is 0 Å². The van der Waals surface area contributed by atoms with Crippen LogP contribution in [0.1, 0.15) is 77.6 Å². The van der Waals surface area contributed by atoms with Crippen LogP contribution in [-0.2, 0) is 9.59 Å². The van der Waals surface area contributed by atoms with E-state index in [1.807, 2.05) is 0 Å². The Kier molecular flexibility index (Phi) is 11.7. The van der Waals surface area contributed by atoms with Gasteiger partial charge < -0.3 is 15.3 Å². The van der Waals surface area contributed by atoms with Crippen molar-refractivity contribution in [3.05, 3.63) is 11.6 Å². The van der Waals surface area contributed by atoms with Crippen LogP contribution >= 0.6 is 11.8 Å². The van der Waals surface area contributed by atoms with E-state index in [0.717, 1.165) is 19.3 Å². The van der Waals surface area contributed by atoms with E-state index in [0.29, 0.717) is 12.2 Å². The topological polar surface area (TPSA) is 94.8 Å². The maximum Gasteiger partial charge on any atom is 0.304 e. The first-order valence-electron chi connectivity index (χ1n) is 9.87. The molecule has 0 aromatic rings. The maximum absolute atomic E-state index is 11.0. The number of aliphatic carboxylic acids is 2. The van der Waals surface area contributed by atoms with Crippen LogP contribution in [0, 0.1) is 5.92 Å². The summed E-state index contributed by atoms with van der Waals surface area (Å²) in [6.45, 7) is 2.21. The molecule has 1 aliphatic carbocycles. The van der Waals surface area contributed by atoms with E-state index in [-0.39, 0.29) is 24.0 Å². The zero-order chi connectivity index (χ0) is 19.4. The lowest BCUT2D eigenvalue weighted by Crippen LogP contribution is -2.38. The second kappa shape index (κ2) is 13.2. The Labute approximate surface area is 161 Å². The predicted octanol–water partition coefficient (Wildman–Crippen LogP) is 4.49. The number of allylic oxidation sites excluding steroid dienone is 1. The normalized spacial score (nSPS) is 24.7. The van der Waals surface area contributed by atoms with Crippen LogP contribution in [0.25, 0.3) is 0 Å². The summed E-state index contributed by atoms with van der Waals surface area (Å²) in [6, 6.07) is 0. The molecule has 6 heteroatoms. The van der Waals surface area contributed by atoms with Gasteiger partial charge in [-0.1, -0.05) is 50.7 Å². The molecule has 0 spiro atoms. The number of thioether (sulfide) groups is 1. The smallest absolute Gasteiger partial charge is 0.304 e. The quantitative estimate of drug-likeness (QED) is 0.319. The van der Waals surface area contributed by atoms with E-state index in [4.69, 9.17) is 10.2 Å². The van der Waals surface area contributed by atoms with Crippen LogP contribution in [0.4, 0.5) is 0 Å². The standard InChI is InChI=1S/C20H34O5S/c1-2-3-4-5-6-7-8-9-15-10-11-16(14-18(23)24)19(25)20(15)26-13-12-17(21)22/h9,16,19-20,25H,2-8,10-14H2,1H3,(H,21,22)(H,23,24). The zero-order valence-corrected chi connectivity index (χ0v) is 16.7. The molecular formula is C20H34O5S. The lowest BCUT2D eigenvalue weighted by atomic mass is 9.80. The molecule has 0 bridgehead atoms. The first-order valence-corrected chi connectivity index (χ1v) is 10.9. The largest absolute Gasteiger partial charge is 0.481 e. The summed E-state index contributed by atoms with van der Waals surface area (Å²) in [6.07, 6.45) is 11.4. The highest BCUT2D eigenvalue weighted by atomic mass is 32.2. The molecule has 1 aliphatic rings. The summed E-state index contributed by atoms with van der Waals surface area (Å²) in [7, 11) is 0. The second-order valence-electron chi connectivity index (χ2n) is 7.16. The number of carboxylic acid groups (broad SMARTS) is 2. The van der Waals surface area contributed by atoms with Crippen LogP contribution < -0.4 is 0 Å². The van der Waals surface area contributed by atoms with E-state index in [1.165, 1.54) is 49.4 Å². The Bertz CT molecular complexity index is 463. The third kappa shape index (κ3) is 9.08. The molecule has 3 unspecified atom stereocenters. The fraction of sp³-hybridized carbons (Fsp3) is 0.800. The van der Waals surface area contributed by atoms with Crippen LogP contribution in [0.2, 0.25) is 0 Å². The highest BCUT2D eigenvalue weighted by Gasteiger charge is 2.36. The van der Waals surface area contributed by atoms with Gasteiger partial charge in [0.1, 0.15) is 0 Å². The average Bonchev–Trinajstić information content (AvgIpc) is 2.58. The van der Waals surface area contributed by atoms with Crippen molar-refractivity contribution < 1.29 is 24.9 Å². The molecule has 0 aromatic heterocycles. The van der Waals surface area contributed by atoms with E-state index in [2.05, 4.69) is 13.0 Å². The Morgan fingerprint density at radius 2 is 1.81 bits per heavy atom. The van der Waals surface area contributed by atoms with Gasteiger partial charge in [0, 0.05) is 5.75 Å². The van der Waals surface area contributed by atoms with Gasteiger partial charge in [0.15, 0.2) is 0 Å². The van der Waals surface area contributed by atoms with Crippen LogP contribution in [0.15, 0.2) is 11.6 Å². The molecule has 26 heavy (non-hydrogen) atoms. The number of aliphatic hydroxyl groups excluding tert-OH is 1. The lowest BCUT2D eigenvalue weighted by Gasteiger charge is -2.36. The van der Waals surface area contributed by atoms with Crippen molar-refractivity contribution in [2.45, 2.75) is 88.9 Å². The molecule has 3 N–H and O–H groups in total. The third-order valence-electron chi connectivity index (χ3n) is 4.98. The number of carboxylic acids is 2. The molecule has 3 atom stereocenters. The lowest BCUT2D eigenvalue weighted by molar-refractivity contribution is -0.139. The number of hydrogen-bond acceptors (Lipinski definition) is 4. The van der Waals surface area contributed by atoms with Gasteiger partial charge in [0.25, 0.3) is 0 Å². The highest BCUT2D eigenvalue weighted by Crippen LogP contribution is 2.38. The van der Waals surface area contributed by atoms with Crippen molar-refractivity contribution in [3.63, 3.8) is 0 Å². The van der Waals surface area contributed by atoms with Crippen molar-refractivity contribution >= 4 is 23.7 Å². The molecule has 0 saturated heterocycles. The molecular weight excluding hydrogens is 352 g/mol. The van der Waals surface area contributed by atoms with Crippen molar-refractivity contribution in [1.82, 2.24) is 0 Å². The third-order valence-corrected chi connectivity index (χ3v) is 6.36. The van der Waals surface area contributed by atoms with Gasteiger partial charge in [0.05, 0.1) is 24.2 Å². The molecule has 150 valence electrons. The van der Waals surface area contributed by atoms with Gasteiger partial charge >= 0.3 is 11.9 Å². The minimum Gasteiger partial charge on any atom is -0.481 e. The van der Waals surface area contributed by atoms with Gasteiger partial charge in [-0.2, -0.15) is 11.8 Å². The van der Waals surface area contributed by atoms with Crippen LogP contribution in [0.3, 0.4) is 0 Å². The van der Waals surface area contributed by atoms with Crippen molar-refractivity contribution in [2.24, 2.45) is 5.92 Å². The van der Waals surface area contributed by atoms with Crippen molar-refractivity contribution in [2.75, 3.05) is 5.75 Å². The number of hydrogen-bond donors (Lipinski definition) is 3. The first-order chi connectivity index (χ1) is 12.5. The molecule has 5 nitrogen and oxygen atoms in total. The summed E-state index contributed by atoms with van der Waals surface area (Å²) in [5.41, 5.74) is 1.17. The summed E-state index contributed by atoms with van der Waals surface area (Å²) in [5, 5.41) is 28.3. The van der Waals surface area contributed by atoms with Gasteiger partial charge in [-0.3, -0.25) is 9.59 Å². The Hall–Kier alpha value is -1.01. The SMILES string of the molecule is CCCCCCCCC=C1CCC(CC(=O)O)C(O)C1SCCC(=O)O. The summed E-state index contributed by atoms with van der Waals surface area (Å²) in [4.78, 5) is 21.8. The zero-order valence-electron chi connectivity index (χ0n) is 15.9. The van der Waals surface area contributed by atoms with Gasteiger partial charge in [0.2, 0.25) is 0 Å². The Morgan fingerprint density at radius 3 is 2.46 bits per heavy atom. The summed E-state index contributed by atoms with van der Waals surface area (Å²) in [5.74, 6) is -1.54. The molecule has 0 aromatic carbocycles. The van der Waals surface area contributed by atoms with E-state index < -0.39 is 18.0 Å². The van der Waals surface area contributed by atoms with Crippen LogP contribution in [0.5, 0.6) is 0 Å². The molecule has 0 radical (unpaired) electrons. The van der Waals surface area contributed by atoms with Crippen LogP contribution in [-0.4, -0.2) is 44.4 Å². The maximum atomic E-state index is 11.0. The number of carbonyl (C=O) groups is 2. The van der Waals surface area contributed by atoms with Gasteiger partial charge in [-0.25, -0.2) is 0 Å². The minimum absolute atomic E-state index is 0.0259. The Morgan fingerprint density at radius 1 is 1.12 bits per heavy atom. The highest BCUT2D eigenvalue weighted by molar-refractivity contribution is 8.00. The molecule has 1 saturated carbocycles.